The number of carbonyl (C=O) groups is 18. The van der Waals surface area contributed by atoms with Crippen molar-refractivity contribution in [2.45, 2.75) is 50.6 Å². The number of hydrogen-bond donors (Lipinski definition) is 12. The van der Waals surface area contributed by atoms with Crippen LogP contribution in [0.2, 0.25) is 0 Å². The second kappa shape index (κ2) is 41.6. The number of imide groups is 3. The molecule has 2 atom stereocenters. The number of benzene rings is 2. The van der Waals surface area contributed by atoms with E-state index in [1.165, 1.54) is 26.8 Å². The van der Waals surface area contributed by atoms with Crippen LogP contribution in [0.4, 0.5) is 11.4 Å². The van der Waals surface area contributed by atoms with E-state index >= 15 is 0 Å². The third-order valence-corrected chi connectivity index (χ3v) is 14.2. The van der Waals surface area contributed by atoms with Crippen LogP contribution < -0.4 is 11.1 Å². The highest BCUT2D eigenvalue weighted by Crippen LogP contribution is 2.19. The number of carboxylic acids is 10. The first-order valence-corrected chi connectivity index (χ1v) is 29.9. The number of aliphatic carboxylic acids is 10. The monoisotopic (exact) mass is 1410 g/mol. The van der Waals surface area contributed by atoms with Gasteiger partial charge in [0.2, 0.25) is 5.91 Å². The Morgan fingerprint density at radius 2 is 0.700 bits per heavy atom. The SMILES string of the molecule is Nc1ccc(C[C@H](CN(CCN(CC(=O)O)CC(=O)O)CC(=O)O)N(CC(=O)O)CC(=O)O)cc1.O=C(CCN1C(=O)C=CC1=O)ON1C(=O)CCC1=O.O=C(O)CN(CCN(CC(=O)O)C[C@@H](Cc1ccc(NC(=O)CCN2C(=O)C=CC2=O)cc1)N(CC(=O)O)CC(=O)O)CC(=O)O. The third-order valence-electron chi connectivity index (χ3n) is 14.2. The Morgan fingerprint density at radius 1 is 0.410 bits per heavy atom. The molecule has 3 heterocycles. The topological polar surface area (TPSA) is 586 Å². The van der Waals surface area contributed by atoms with Gasteiger partial charge < -0.3 is 67.0 Å². The van der Waals surface area contributed by atoms with Crippen molar-refractivity contribution in [3.05, 3.63) is 84.0 Å². The van der Waals surface area contributed by atoms with Gasteiger partial charge in [-0.3, -0.25) is 121 Å². The van der Waals surface area contributed by atoms with Gasteiger partial charge in [0.15, 0.2) is 0 Å². The molecule has 2 aromatic rings. The van der Waals surface area contributed by atoms with Crippen LogP contribution in [-0.4, -0.2) is 332 Å². The summed E-state index contributed by atoms with van der Waals surface area (Å²) in [6.45, 7) is -7.12. The van der Waals surface area contributed by atoms with Crippen LogP contribution in [-0.2, 0) is 104 Å². The molecular formula is C60H75N11O29. The molecule has 0 unspecified atom stereocenters. The molecule has 3 aliphatic rings. The van der Waals surface area contributed by atoms with Gasteiger partial charge in [-0.25, -0.2) is 4.79 Å². The number of rotatable bonds is 44. The van der Waals surface area contributed by atoms with Gasteiger partial charge in [-0.1, -0.05) is 24.3 Å². The van der Waals surface area contributed by atoms with Crippen molar-refractivity contribution in [1.82, 2.24) is 44.3 Å². The summed E-state index contributed by atoms with van der Waals surface area (Å²) in [4.78, 5) is 219. The number of carboxylic acid groups (broad SMARTS) is 10. The van der Waals surface area contributed by atoms with Gasteiger partial charge in [-0.15, -0.1) is 5.06 Å². The molecular weight excluding hydrogens is 1340 g/mol. The summed E-state index contributed by atoms with van der Waals surface area (Å²) >= 11 is 0. The van der Waals surface area contributed by atoms with Gasteiger partial charge in [0.05, 0.1) is 71.9 Å². The molecule has 13 N–H and O–H groups in total. The fourth-order valence-corrected chi connectivity index (χ4v) is 9.82. The van der Waals surface area contributed by atoms with Crippen LogP contribution in [0, 0.1) is 0 Å². The first-order chi connectivity index (χ1) is 47.0. The fraction of sp³-hybridized carbons (Fsp3) is 0.433. The van der Waals surface area contributed by atoms with Gasteiger partial charge in [-0.05, 0) is 48.2 Å². The minimum atomic E-state index is -1.34. The molecule has 1 saturated heterocycles. The van der Waals surface area contributed by atoms with Crippen molar-refractivity contribution in [1.29, 1.82) is 0 Å². The Kier molecular flexibility index (Phi) is 34.4. The van der Waals surface area contributed by atoms with Crippen molar-refractivity contribution in [2.24, 2.45) is 0 Å². The molecule has 40 heteroatoms. The van der Waals surface area contributed by atoms with E-state index in [1.54, 1.807) is 36.4 Å². The Labute approximate surface area is 566 Å². The van der Waals surface area contributed by atoms with E-state index in [1.807, 2.05) is 0 Å². The lowest BCUT2D eigenvalue weighted by Gasteiger charge is -2.34. The molecule has 0 aliphatic carbocycles. The standard InChI is InChI=1S/C28H35N5O13.C21H30N4O10.C11H10N2O6/c34-21(7-8-33-22(35)5-6-23(33)36)29-19-3-1-18(2-4-19)11-20(32(16-27(43)44)17-28(45)46)12-30(13-24(37)38)9-10-31(14-25(39)40)15-26(41)42;22-15-3-1-14(2-4-15)7-16(25(12-20(32)33)13-21(34)35)8-23(9-17(26)27)5-6-24(10-18(28)29)11-19(30)31;14-7-1-2-8(15)12(7)6-5-11(18)19-13-9(16)3-4-10(13)17/h1-6,20H,7-17H2,(H,29,34)(H,37,38)(H,39,40)(H,41,42)(H,43,44)(H,45,46);1-4,16H,5-13,22H2,(H,26,27)(H,28,29)(H,30,31)(H,32,33)(H,34,35);1-2H,3-6H2/t20-;16-;/m11./s1. The molecule has 2 aromatic carbocycles. The molecule has 0 saturated carbocycles. The maximum atomic E-state index is 12.4. The van der Waals surface area contributed by atoms with E-state index in [0.717, 1.165) is 48.8 Å². The zero-order valence-electron chi connectivity index (χ0n) is 53.4. The van der Waals surface area contributed by atoms with Crippen molar-refractivity contribution >= 4 is 118 Å². The van der Waals surface area contributed by atoms with Gasteiger partial charge in [0.25, 0.3) is 35.4 Å². The van der Waals surface area contributed by atoms with E-state index in [0.29, 0.717) is 27.6 Å². The average Bonchev–Trinajstić information content (AvgIpc) is 1.03. The highest BCUT2D eigenvalue weighted by atomic mass is 16.7. The molecule has 40 nitrogen and oxygen atoms in total. The number of hydroxylamine groups is 2. The smallest absolute Gasteiger partial charge is 0.335 e. The van der Waals surface area contributed by atoms with Crippen molar-refractivity contribution in [3.8, 4) is 0 Å². The largest absolute Gasteiger partial charge is 0.480 e. The average molecular weight is 1410 g/mol. The Balaban J connectivity index is 0.000000422. The molecule has 100 heavy (non-hydrogen) atoms. The van der Waals surface area contributed by atoms with Crippen molar-refractivity contribution in [2.75, 3.05) is 129 Å². The molecule has 0 bridgehead atoms. The molecule has 0 aromatic heterocycles. The Hall–Kier alpha value is -11.5. The molecule has 1 fully saturated rings. The quantitative estimate of drug-likeness (QED) is 0.0220. The number of nitrogens with one attached hydrogen (secondary N) is 1. The van der Waals surface area contributed by atoms with Crippen molar-refractivity contribution in [3.63, 3.8) is 0 Å². The molecule has 5 rings (SSSR count). The zero-order valence-corrected chi connectivity index (χ0v) is 53.4. The van der Waals surface area contributed by atoms with E-state index in [4.69, 9.17) is 26.2 Å². The summed E-state index contributed by atoms with van der Waals surface area (Å²) in [5, 5.41) is 95.6. The second-order valence-electron chi connectivity index (χ2n) is 22.2. The number of anilines is 2. The second-order valence-corrected chi connectivity index (χ2v) is 22.2. The van der Waals surface area contributed by atoms with Gasteiger partial charge in [0, 0.05) is 119 Å². The van der Waals surface area contributed by atoms with Crippen LogP contribution in [0.1, 0.15) is 36.8 Å². The van der Waals surface area contributed by atoms with Crippen LogP contribution in [0.25, 0.3) is 0 Å². The summed E-state index contributed by atoms with van der Waals surface area (Å²) in [6, 6.07) is 11.2. The number of hydrogen-bond acceptors (Lipinski definition) is 26. The Morgan fingerprint density at radius 3 is 1.02 bits per heavy atom. The zero-order chi connectivity index (χ0) is 74.9. The summed E-state index contributed by atoms with van der Waals surface area (Å²) < 4.78 is 0. The molecule has 7 amide bonds. The lowest BCUT2D eigenvalue weighted by Crippen LogP contribution is -2.51. The third kappa shape index (κ3) is 32.5. The molecule has 544 valence electrons. The highest BCUT2D eigenvalue weighted by molar-refractivity contribution is 6.13. The van der Waals surface area contributed by atoms with Gasteiger partial charge >= 0.3 is 65.7 Å². The maximum absolute atomic E-state index is 12.4. The lowest BCUT2D eigenvalue weighted by atomic mass is 10.0. The summed E-state index contributed by atoms with van der Waals surface area (Å²) in [5.41, 5.74) is 7.82. The number of amides is 7. The summed E-state index contributed by atoms with van der Waals surface area (Å²) in [7, 11) is 0. The lowest BCUT2D eigenvalue weighted by molar-refractivity contribution is -0.197. The van der Waals surface area contributed by atoms with Gasteiger partial charge in [0.1, 0.15) is 0 Å². The predicted molar refractivity (Wildman–Crippen MR) is 334 cm³/mol. The first-order valence-electron chi connectivity index (χ1n) is 29.9. The summed E-state index contributed by atoms with van der Waals surface area (Å²) in [6.07, 6.45) is 4.20. The Bertz CT molecular complexity index is 3300. The van der Waals surface area contributed by atoms with E-state index in [2.05, 4.69) is 10.2 Å². The van der Waals surface area contributed by atoms with Crippen LogP contribution >= 0.6 is 0 Å². The number of carbonyl (C=O) groups excluding carboxylic acids is 8. The summed E-state index contributed by atoms with van der Waals surface area (Å²) in [5.74, 6) is -17.4. The molecule has 0 spiro atoms. The number of nitrogens with two attached hydrogens (primary N) is 1. The minimum absolute atomic E-state index is 0.0130. The van der Waals surface area contributed by atoms with Crippen LogP contribution in [0.15, 0.2) is 72.8 Å². The van der Waals surface area contributed by atoms with E-state index < -0.39 is 185 Å². The van der Waals surface area contributed by atoms with Crippen LogP contribution in [0.3, 0.4) is 0 Å². The number of nitrogen functional groups attached to an aromatic ring is 1. The number of nitrogens with zero attached hydrogens (tertiary/aromatic N) is 9. The highest BCUT2D eigenvalue weighted by Gasteiger charge is 2.35. The van der Waals surface area contributed by atoms with Crippen LogP contribution in [0.5, 0.6) is 0 Å². The van der Waals surface area contributed by atoms with E-state index in [-0.39, 0.29) is 90.9 Å². The molecule has 0 radical (unpaired) electrons. The van der Waals surface area contributed by atoms with Crippen molar-refractivity contribution < 1.29 is 142 Å². The predicted octanol–water partition coefficient (Wildman–Crippen LogP) is -4.40. The van der Waals surface area contributed by atoms with Gasteiger partial charge in [-0.2, -0.15) is 0 Å². The fourth-order valence-electron chi connectivity index (χ4n) is 9.82. The minimum Gasteiger partial charge on any atom is -0.480 e. The maximum Gasteiger partial charge on any atom is 0.335 e. The van der Waals surface area contributed by atoms with E-state index in [9.17, 15) is 117 Å². The first kappa shape index (κ1) is 82.8. The molecule has 3 aliphatic heterocycles. The normalized spacial score (nSPS) is 14.0.